The van der Waals surface area contributed by atoms with Crippen LogP contribution in [0.1, 0.15) is 87.0 Å². The third-order valence-corrected chi connectivity index (χ3v) is 8.59. The van der Waals surface area contributed by atoms with Gasteiger partial charge in [-0.3, -0.25) is 14.5 Å². The summed E-state index contributed by atoms with van der Waals surface area (Å²) in [4.78, 5) is 25.7. The Balaban J connectivity index is 1.37. The maximum Gasteiger partial charge on any atom is 0.220 e. The number of benzene rings is 2. The Kier molecular flexibility index (Phi) is 13.0. The number of unbranched alkanes of at least 4 members (excludes halogenated alkanes) is 2. The van der Waals surface area contributed by atoms with Crippen molar-refractivity contribution in [1.82, 2.24) is 15.5 Å². The molecule has 2 heterocycles. The number of amides is 2. The van der Waals surface area contributed by atoms with Crippen LogP contribution in [0, 0.1) is 5.92 Å². The Bertz CT molecular complexity index is 1140. The van der Waals surface area contributed by atoms with Crippen LogP contribution in [-0.2, 0) is 37.0 Å². The molecule has 2 aliphatic rings. The Morgan fingerprint density at radius 1 is 0.977 bits per heavy atom. The number of rotatable bonds is 15. The molecule has 2 saturated heterocycles. The van der Waals surface area contributed by atoms with Crippen molar-refractivity contribution in [1.29, 1.82) is 0 Å². The first-order valence-corrected chi connectivity index (χ1v) is 15.7. The van der Waals surface area contributed by atoms with Crippen molar-refractivity contribution in [3.63, 3.8) is 0 Å². The smallest absolute Gasteiger partial charge is 0.220 e. The maximum absolute atomic E-state index is 12.3. The summed E-state index contributed by atoms with van der Waals surface area (Å²) in [5, 5.41) is 15.3. The molecular weight excluding hydrogens is 546 g/mol. The molecule has 0 unspecified atom stereocenters. The van der Waals surface area contributed by atoms with Gasteiger partial charge in [-0.25, -0.2) is 0 Å². The zero-order valence-electron chi connectivity index (χ0n) is 25.9. The van der Waals surface area contributed by atoms with Crippen molar-refractivity contribution < 1.29 is 28.9 Å². The van der Waals surface area contributed by atoms with Crippen LogP contribution in [0.2, 0.25) is 0 Å². The average molecular weight is 596 g/mol. The topological polar surface area (TPSA) is 109 Å². The second-order valence-electron chi connectivity index (χ2n) is 11.9. The molecule has 43 heavy (non-hydrogen) atoms. The molecule has 236 valence electrons. The van der Waals surface area contributed by atoms with Gasteiger partial charge in [-0.1, -0.05) is 61.9 Å². The molecule has 2 aromatic rings. The van der Waals surface area contributed by atoms with Gasteiger partial charge >= 0.3 is 0 Å². The lowest BCUT2D eigenvalue weighted by atomic mass is 9.90. The van der Waals surface area contributed by atoms with Crippen molar-refractivity contribution in [2.24, 2.45) is 5.92 Å². The monoisotopic (exact) mass is 595 g/mol. The number of methoxy groups -OCH3 is 1. The Labute approximate surface area is 256 Å². The van der Waals surface area contributed by atoms with Gasteiger partial charge in [0.05, 0.1) is 25.4 Å². The van der Waals surface area contributed by atoms with Gasteiger partial charge in [0.2, 0.25) is 11.8 Å². The lowest BCUT2D eigenvalue weighted by Gasteiger charge is -2.43. The number of ether oxygens (including phenoxy) is 3. The molecule has 4 rings (SSSR count). The predicted octanol–water partition coefficient (Wildman–Crippen LogP) is 4.39. The van der Waals surface area contributed by atoms with Crippen LogP contribution in [0.15, 0.2) is 48.5 Å². The summed E-state index contributed by atoms with van der Waals surface area (Å²) in [6.45, 7) is 7.42. The van der Waals surface area contributed by atoms with Crippen LogP contribution in [-0.4, -0.2) is 67.3 Å². The van der Waals surface area contributed by atoms with E-state index < -0.39 is 6.29 Å². The summed E-state index contributed by atoms with van der Waals surface area (Å²) in [6.07, 6.45) is 4.65. The summed E-state index contributed by atoms with van der Waals surface area (Å²) in [7, 11) is 1.76. The number of aliphatic hydroxyl groups is 1. The van der Waals surface area contributed by atoms with Crippen LogP contribution in [0.25, 0.3) is 0 Å². The maximum atomic E-state index is 12.3. The number of nitrogens with one attached hydrogen (secondary N) is 2. The third kappa shape index (κ3) is 9.84. The van der Waals surface area contributed by atoms with Gasteiger partial charge in [-0.15, -0.1) is 0 Å². The van der Waals surface area contributed by atoms with E-state index in [-0.39, 0.29) is 36.5 Å². The molecule has 9 heteroatoms. The van der Waals surface area contributed by atoms with Gasteiger partial charge in [0, 0.05) is 57.6 Å². The SMILES string of the molecule is COC[C@@H]1CCCN1C[C@@H]1O[C@H](c2ccc(CNC(=O)CCCCCNC(C)=O)cc2)O[C@H](c2ccc(CO)cc2)[C@@H]1C. The predicted molar refractivity (Wildman–Crippen MR) is 165 cm³/mol. The lowest BCUT2D eigenvalue weighted by Crippen LogP contribution is -2.46. The van der Waals surface area contributed by atoms with Gasteiger partial charge < -0.3 is 30.0 Å². The average Bonchev–Trinajstić information content (AvgIpc) is 3.45. The number of carbonyl (C=O) groups is 2. The highest BCUT2D eigenvalue weighted by molar-refractivity contribution is 5.75. The second-order valence-corrected chi connectivity index (χ2v) is 11.9. The van der Waals surface area contributed by atoms with E-state index in [1.54, 1.807) is 7.11 Å². The summed E-state index contributed by atoms with van der Waals surface area (Å²) < 4.78 is 18.8. The number of hydrogen-bond acceptors (Lipinski definition) is 7. The lowest BCUT2D eigenvalue weighted by molar-refractivity contribution is -0.276. The normalized spacial score (nSPS) is 24.1. The summed E-state index contributed by atoms with van der Waals surface area (Å²) in [6, 6.07) is 16.5. The molecule has 0 radical (unpaired) electrons. The molecule has 9 nitrogen and oxygen atoms in total. The summed E-state index contributed by atoms with van der Waals surface area (Å²) in [5.74, 6) is 0.134. The summed E-state index contributed by atoms with van der Waals surface area (Å²) in [5.41, 5.74) is 3.91. The van der Waals surface area contributed by atoms with E-state index in [1.165, 1.54) is 6.92 Å². The fourth-order valence-electron chi connectivity index (χ4n) is 6.01. The highest BCUT2D eigenvalue weighted by atomic mass is 16.7. The number of aliphatic hydroxyl groups excluding tert-OH is 1. The van der Waals surface area contributed by atoms with Crippen molar-refractivity contribution >= 4 is 11.8 Å². The zero-order chi connectivity index (χ0) is 30.6. The molecule has 3 N–H and O–H groups in total. The van der Waals surface area contributed by atoms with Crippen molar-refractivity contribution in [2.75, 3.05) is 33.4 Å². The van der Waals surface area contributed by atoms with E-state index in [2.05, 4.69) is 22.5 Å². The molecule has 0 spiro atoms. The molecular formula is C34H49N3O6. The summed E-state index contributed by atoms with van der Waals surface area (Å²) >= 11 is 0. The molecule has 5 atom stereocenters. The zero-order valence-corrected chi connectivity index (χ0v) is 25.9. The highest BCUT2D eigenvalue weighted by Gasteiger charge is 2.40. The van der Waals surface area contributed by atoms with Crippen LogP contribution < -0.4 is 10.6 Å². The molecule has 0 aromatic heterocycles. The van der Waals surface area contributed by atoms with Gasteiger partial charge in [-0.2, -0.15) is 0 Å². The van der Waals surface area contributed by atoms with Gasteiger partial charge in [-0.05, 0) is 48.9 Å². The number of likely N-dealkylation sites (tertiary alicyclic amines) is 1. The Hall–Kier alpha value is -2.82. The minimum absolute atomic E-state index is 0.0122. The van der Waals surface area contributed by atoms with Crippen molar-refractivity contribution in [2.45, 2.75) is 90.1 Å². The van der Waals surface area contributed by atoms with Crippen LogP contribution in [0.3, 0.4) is 0 Å². The molecule has 0 aliphatic carbocycles. The van der Waals surface area contributed by atoms with E-state index in [0.29, 0.717) is 25.6 Å². The van der Waals surface area contributed by atoms with E-state index in [0.717, 1.165) is 74.1 Å². The first-order valence-electron chi connectivity index (χ1n) is 15.7. The fourth-order valence-corrected chi connectivity index (χ4v) is 6.01. The first kappa shape index (κ1) is 33.1. The van der Waals surface area contributed by atoms with Gasteiger partial charge in [0.1, 0.15) is 0 Å². The minimum atomic E-state index is -0.520. The first-order chi connectivity index (χ1) is 20.9. The quantitative estimate of drug-likeness (QED) is 0.262. The van der Waals surface area contributed by atoms with E-state index >= 15 is 0 Å². The Morgan fingerprint density at radius 2 is 1.70 bits per heavy atom. The number of hydrogen-bond donors (Lipinski definition) is 3. The molecule has 2 aromatic carbocycles. The van der Waals surface area contributed by atoms with Crippen molar-refractivity contribution in [3.05, 3.63) is 70.8 Å². The van der Waals surface area contributed by atoms with Crippen molar-refractivity contribution in [3.8, 4) is 0 Å². The third-order valence-electron chi connectivity index (χ3n) is 8.59. The molecule has 2 fully saturated rings. The Morgan fingerprint density at radius 3 is 2.40 bits per heavy atom. The standard InChI is InChI=1S/C34H49N3O6/c1-24-31(21-37-19-7-8-30(37)23-41-3)42-34(43-33(24)28-14-12-27(22-38)13-15-28)29-16-10-26(11-17-29)20-36-32(40)9-5-4-6-18-35-25(2)39/h10-17,24,30-31,33-34,38H,4-9,18-23H2,1-3H3,(H,35,39)(H,36,40)/t24-,30+,31+,33+,34+/m1/s1. The molecule has 0 bridgehead atoms. The van der Waals surface area contributed by atoms with E-state index in [9.17, 15) is 14.7 Å². The second kappa shape index (κ2) is 16.9. The van der Waals surface area contributed by atoms with E-state index in [4.69, 9.17) is 14.2 Å². The van der Waals surface area contributed by atoms with Gasteiger partial charge in [0.15, 0.2) is 6.29 Å². The molecule has 2 amide bonds. The van der Waals surface area contributed by atoms with Crippen LogP contribution in [0.5, 0.6) is 0 Å². The largest absolute Gasteiger partial charge is 0.392 e. The number of nitrogens with zero attached hydrogens (tertiary/aromatic N) is 1. The minimum Gasteiger partial charge on any atom is -0.392 e. The van der Waals surface area contributed by atoms with Gasteiger partial charge in [0.25, 0.3) is 0 Å². The molecule has 2 aliphatic heterocycles. The number of carbonyl (C=O) groups excluding carboxylic acids is 2. The van der Waals surface area contributed by atoms with Crippen LogP contribution >= 0.6 is 0 Å². The highest BCUT2D eigenvalue weighted by Crippen LogP contribution is 2.42. The van der Waals surface area contributed by atoms with E-state index in [1.807, 2.05) is 48.5 Å². The molecule has 0 saturated carbocycles. The fraction of sp³-hybridized carbons (Fsp3) is 0.588. The van der Waals surface area contributed by atoms with Crippen LogP contribution in [0.4, 0.5) is 0 Å².